The number of thiol groups is 1. The molecule has 0 bridgehead atoms. The Kier molecular flexibility index (Phi) is 5.56. The zero-order valence-corrected chi connectivity index (χ0v) is 11.7. The van der Waals surface area contributed by atoms with E-state index in [1.807, 2.05) is 36.1 Å². The Morgan fingerprint density at radius 3 is 2.53 bits per heavy atom. The van der Waals surface area contributed by atoms with Crippen molar-refractivity contribution in [3.63, 3.8) is 0 Å². The van der Waals surface area contributed by atoms with Crippen LogP contribution in [0.15, 0.2) is 29.2 Å². The van der Waals surface area contributed by atoms with E-state index in [2.05, 4.69) is 26.5 Å². The van der Waals surface area contributed by atoms with Gasteiger partial charge in [-0.1, -0.05) is 32.4 Å². The lowest BCUT2D eigenvalue weighted by Crippen LogP contribution is -2.34. The Morgan fingerprint density at radius 2 is 2.00 bits per heavy atom. The van der Waals surface area contributed by atoms with E-state index in [0.717, 1.165) is 24.4 Å². The first-order valence-electron chi connectivity index (χ1n) is 6.17. The fourth-order valence-corrected chi connectivity index (χ4v) is 1.94. The molecular weight excluding hydrogens is 230 g/mol. The third-order valence-corrected chi connectivity index (χ3v) is 3.42. The smallest absolute Gasteiger partial charge is 0.254 e. The number of hydrogen-bond acceptors (Lipinski definition) is 2. The normalized spacial score (nSPS) is 12.2. The molecule has 0 heterocycles. The molecule has 0 aromatic heterocycles. The van der Waals surface area contributed by atoms with Crippen molar-refractivity contribution in [2.75, 3.05) is 13.1 Å². The molecule has 0 spiro atoms. The van der Waals surface area contributed by atoms with E-state index < -0.39 is 0 Å². The van der Waals surface area contributed by atoms with Crippen LogP contribution in [0.25, 0.3) is 0 Å². The summed E-state index contributed by atoms with van der Waals surface area (Å²) in [5, 5.41) is 0. The van der Waals surface area contributed by atoms with Crippen molar-refractivity contribution in [2.45, 2.75) is 32.1 Å². The minimum atomic E-state index is 0.0819. The topological polar surface area (TPSA) is 20.3 Å². The zero-order valence-electron chi connectivity index (χ0n) is 10.8. The molecular formula is C14H21NOS. The standard InChI is InChI=1S/C14H21NOS/c1-4-11(3)10-15(5-2)14(16)12-8-6-7-9-13(12)17/h6-9,11,17H,4-5,10H2,1-3H3. The van der Waals surface area contributed by atoms with Crippen LogP contribution in [0.3, 0.4) is 0 Å². The van der Waals surface area contributed by atoms with Crippen LogP contribution in [0.5, 0.6) is 0 Å². The number of carbonyl (C=O) groups excluding carboxylic acids is 1. The highest BCUT2D eigenvalue weighted by atomic mass is 32.1. The van der Waals surface area contributed by atoms with Gasteiger partial charge < -0.3 is 4.90 Å². The second-order valence-corrected chi connectivity index (χ2v) is 4.86. The van der Waals surface area contributed by atoms with E-state index in [0.29, 0.717) is 11.5 Å². The molecule has 0 aliphatic heterocycles. The molecule has 0 aliphatic carbocycles. The summed E-state index contributed by atoms with van der Waals surface area (Å²) in [6.45, 7) is 7.89. The van der Waals surface area contributed by atoms with Crippen molar-refractivity contribution >= 4 is 18.5 Å². The van der Waals surface area contributed by atoms with Crippen LogP contribution in [-0.2, 0) is 0 Å². The van der Waals surface area contributed by atoms with Gasteiger partial charge in [0.2, 0.25) is 0 Å². The van der Waals surface area contributed by atoms with Gasteiger partial charge in [-0.2, -0.15) is 0 Å². The van der Waals surface area contributed by atoms with Crippen molar-refractivity contribution in [3.8, 4) is 0 Å². The quantitative estimate of drug-likeness (QED) is 0.794. The molecule has 0 saturated heterocycles. The number of amides is 1. The van der Waals surface area contributed by atoms with E-state index in [4.69, 9.17) is 0 Å². The van der Waals surface area contributed by atoms with Gasteiger partial charge in [0.05, 0.1) is 5.56 Å². The van der Waals surface area contributed by atoms with Gasteiger partial charge in [-0.25, -0.2) is 0 Å². The molecule has 0 aliphatic rings. The minimum absolute atomic E-state index is 0.0819. The molecule has 1 aromatic rings. The van der Waals surface area contributed by atoms with E-state index in [-0.39, 0.29) is 5.91 Å². The van der Waals surface area contributed by atoms with Crippen molar-refractivity contribution in [1.29, 1.82) is 0 Å². The highest BCUT2D eigenvalue weighted by molar-refractivity contribution is 7.80. The summed E-state index contributed by atoms with van der Waals surface area (Å²) in [6, 6.07) is 7.46. The Labute approximate surface area is 109 Å². The second kappa shape index (κ2) is 6.70. The van der Waals surface area contributed by atoms with E-state index in [9.17, 15) is 4.79 Å². The predicted octanol–water partition coefficient (Wildman–Crippen LogP) is 3.48. The summed E-state index contributed by atoms with van der Waals surface area (Å²) in [4.78, 5) is 15.0. The van der Waals surface area contributed by atoms with Crippen molar-refractivity contribution in [3.05, 3.63) is 29.8 Å². The van der Waals surface area contributed by atoms with Gasteiger partial charge in [-0.05, 0) is 25.0 Å². The average Bonchev–Trinajstić information content (AvgIpc) is 2.35. The molecule has 0 saturated carbocycles. The van der Waals surface area contributed by atoms with Gasteiger partial charge in [0.15, 0.2) is 0 Å². The van der Waals surface area contributed by atoms with Crippen LogP contribution in [0.1, 0.15) is 37.6 Å². The average molecular weight is 251 g/mol. The Hall–Kier alpha value is -0.960. The molecule has 0 N–H and O–H groups in total. The lowest BCUT2D eigenvalue weighted by Gasteiger charge is -2.24. The molecule has 17 heavy (non-hydrogen) atoms. The third kappa shape index (κ3) is 3.77. The van der Waals surface area contributed by atoms with E-state index in [1.54, 1.807) is 0 Å². The van der Waals surface area contributed by atoms with Crippen LogP contribution < -0.4 is 0 Å². The van der Waals surface area contributed by atoms with Gasteiger partial charge in [0.25, 0.3) is 5.91 Å². The molecule has 3 heteroatoms. The predicted molar refractivity (Wildman–Crippen MR) is 74.7 cm³/mol. The van der Waals surface area contributed by atoms with Crippen molar-refractivity contribution in [1.82, 2.24) is 4.90 Å². The van der Waals surface area contributed by atoms with Crippen LogP contribution in [-0.4, -0.2) is 23.9 Å². The van der Waals surface area contributed by atoms with Gasteiger partial charge in [-0.3, -0.25) is 4.79 Å². The Balaban J connectivity index is 2.83. The van der Waals surface area contributed by atoms with Gasteiger partial charge in [0, 0.05) is 18.0 Å². The van der Waals surface area contributed by atoms with Crippen LogP contribution in [0.2, 0.25) is 0 Å². The number of nitrogens with zero attached hydrogens (tertiary/aromatic N) is 1. The van der Waals surface area contributed by atoms with Crippen molar-refractivity contribution < 1.29 is 4.79 Å². The number of benzene rings is 1. The van der Waals surface area contributed by atoms with Crippen LogP contribution >= 0.6 is 12.6 Å². The first-order valence-corrected chi connectivity index (χ1v) is 6.62. The molecule has 1 unspecified atom stereocenters. The maximum Gasteiger partial charge on any atom is 0.254 e. The summed E-state index contributed by atoms with van der Waals surface area (Å²) in [6.07, 6.45) is 1.09. The molecule has 1 aromatic carbocycles. The van der Waals surface area contributed by atoms with E-state index >= 15 is 0 Å². The molecule has 0 fully saturated rings. The fourth-order valence-electron chi connectivity index (χ4n) is 1.69. The summed E-state index contributed by atoms with van der Waals surface area (Å²) in [5.74, 6) is 0.615. The summed E-state index contributed by atoms with van der Waals surface area (Å²) >= 11 is 4.34. The molecule has 1 atom stereocenters. The summed E-state index contributed by atoms with van der Waals surface area (Å²) in [5.41, 5.74) is 0.695. The SMILES string of the molecule is CCC(C)CN(CC)C(=O)c1ccccc1S. The zero-order chi connectivity index (χ0) is 12.8. The number of hydrogen-bond donors (Lipinski definition) is 1. The van der Waals surface area contributed by atoms with Gasteiger partial charge in [0.1, 0.15) is 0 Å². The molecule has 0 radical (unpaired) electrons. The minimum Gasteiger partial charge on any atom is -0.339 e. The first-order chi connectivity index (χ1) is 8.10. The third-order valence-electron chi connectivity index (χ3n) is 3.03. The number of carbonyl (C=O) groups is 1. The molecule has 94 valence electrons. The number of rotatable bonds is 5. The Morgan fingerprint density at radius 1 is 1.35 bits per heavy atom. The molecule has 1 amide bonds. The largest absolute Gasteiger partial charge is 0.339 e. The monoisotopic (exact) mass is 251 g/mol. The molecule has 1 rings (SSSR count). The lowest BCUT2D eigenvalue weighted by molar-refractivity contribution is 0.0737. The van der Waals surface area contributed by atoms with Crippen LogP contribution in [0.4, 0.5) is 0 Å². The van der Waals surface area contributed by atoms with E-state index in [1.165, 1.54) is 0 Å². The second-order valence-electron chi connectivity index (χ2n) is 4.37. The first kappa shape index (κ1) is 14.1. The van der Waals surface area contributed by atoms with Gasteiger partial charge >= 0.3 is 0 Å². The van der Waals surface area contributed by atoms with Crippen LogP contribution in [0, 0.1) is 5.92 Å². The highest BCUT2D eigenvalue weighted by Crippen LogP contribution is 2.16. The van der Waals surface area contributed by atoms with Gasteiger partial charge in [-0.15, -0.1) is 12.6 Å². The molecule has 2 nitrogen and oxygen atoms in total. The van der Waals surface area contributed by atoms with Crippen molar-refractivity contribution in [2.24, 2.45) is 5.92 Å². The highest BCUT2D eigenvalue weighted by Gasteiger charge is 2.17. The summed E-state index contributed by atoms with van der Waals surface area (Å²) < 4.78 is 0. The summed E-state index contributed by atoms with van der Waals surface area (Å²) in [7, 11) is 0. The maximum absolute atomic E-state index is 12.3. The maximum atomic E-state index is 12.3. The Bertz CT molecular complexity index is 378. The fraction of sp³-hybridized carbons (Fsp3) is 0.500. The lowest BCUT2D eigenvalue weighted by atomic mass is 10.1.